The standard InChI is InChI=1S/C20H26N2O2/c1-6-22(7-2)19-18(20(23)24)17(12-14(5)21-19)16-10-8-15(9-11-16)13(3)4/h8-13H,6-7H2,1-5H3,(H,23,24). The number of hydrogen-bond acceptors (Lipinski definition) is 3. The molecule has 0 radical (unpaired) electrons. The molecule has 1 N–H and O–H groups in total. The number of carboxylic acids is 1. The molecule has 0 unspecified atom stereocenters. The van der Waals surface area contributed by atoms with Gasteiger partial charge in [0.2, 0.25) is 0 Å². The molecule has 0 atom stereocenters. The second-order valence-electron chi connectivity index (χ2n) is 6.26. The van der Waals surface area contributed by atoms with Crippen molar-refractivity contribution in [3.8, 4) is 11.1 Å². The molecule has 1 aromatic heterocycles. The van der Waals surface area contributed by atoms with Crippen LogP contribution in [0.5, 0.6) is 0 Å². The van der Waals surface area contributed by atoms with Gasteiger partial charge in [0.1, 0.15) is 11.4 Å². The normalized spacial score (nSPS) is 10.9. The highest BCUT2D eigenvalue weighted by Crippen LogP contribution is 2.32. The number of rotatable bonds is 6. The van der Waals surface area contributed by atoms with Gasteiger partial charge in [-0.1, -0.05) is 38.1 Å². The Labute approximate surface area is 144 Å². The van der Waals surface area contributed by atoms with Crippen LogP contribution in [0.3, 0.4) is 0 Å². The van der Waals surface area contributed by atoms with Gasteiger partial charge in [-0.3, -0.25) is 0 Å². The zero-order valence-corrected chi connectivity index (χ0v) is 15.1. The molecule has 2 rings (SSSR count). The Morgan fingerprint density at radius 2 is 1.75 bits per heavy atom. The van der Waals surface area contributed by atoms with E-state index >= 15 is 0 Å². The number of nitrogens with zero attached hydrogens (tertiary/aromatic N) is 2. The first-order chi connectivity index (χ1) is 11.4. The number of hydrogen-bond donors (Lipinski definition) is 1. The smallest absolute Gasteiger partial charge is 0.340 e. The largest absolute Gasteiger partial charge is 0.478 e. The topological polar surface area (TPSA) is 53.4 Å². The van der Waals surface area contributed by atoms with E-state index in [1.54, 1.807) is 0 Å². The molecular formula is C20H26N2O2. The minimum atomic E-state index is -0.938. The van der Waals surface area contributed by atoms with Crippen LogP contribution in [0.25, 0.3) is 11.1 Å². The number of aryl methyl sites for hydroxylation is 1. The summed E-state index contributed by atoms with van der Waals surface area (Å²) >= 11 is 0. The number of aromatic nitrogens is 1. The van der Waals surface area contributed by atoms with E-state index in [0.29, 0.717) is 11.7 Å². The highest BCUT2D eigenvalue weighted by Gasteiger charge is 2.22. The van der Waals surface area contributed by atoms with Crippen molar-refractivity contribution in [2.75, 3.05) is 18.0 Å². The molecule has 0 aliphatic rings. The summed E-state index contributed by atoms with van der Waals surface area (Å²) in [7, 11) is 0. The van der Waals surface area contributed by atoms with Crippen molar-refractivity contribution >= 4 is 11.8 Å². The first kappa shape index (κ1) is 18.0. The average Bonchev–Trinajstić information content (AvgIpc) is 2.55. The van der Waals surface area contributed by atoms with Crippen LogP contribution in [-0.2, 0) is 0 Å². The van der Waals surface area contributed by atoms with Crippen LogP contribution in [0.1, 0.15) is 55.2 Å². The van der Waals surface area contributed by atoms with E-state index in [0.717, 1.165) is 29.9 Å². The Bertz CT molecular complexity index is 717. The molecular weight excluding hydrogens is 300 g/mol. The molecule has 0 saturated heterocycles. The number of anilines is 1. The molecule has 4 heteroatoms. The summed E-state index contributed by atoms with van der Waals surface area (Å²) in [4.78, 5) is 18.5. The second kappa shape index (κ2) is 7.47. The molecule has 4 nitrogen and oxygen atoms in total. The van der Waals surface area contributed by atoms with Crippen molar-refractivity contribution in [3.63, 3.8) is 0 Å². The fraction of sp³-hybridized carbons (Fsp3) is 0.400. The quantitative estimate of drug-likeness (QED) is 0.834. The number of aromatic carboxylic acids is 1. The van der Waals surface area contributed by atoms with Crippen molar-refractivity contribution < 1.29 is 9.90 Å². The number of carbonyl (C=O) groups is 1. The van der Waals surface area contributed by atoms with Crippen LogP contribution in [0.2, 0.25) is 0 Å². The van der Waals surface area contributed by atoms with Gasteiger partial charge in [-0.15, -0.1) is 0 Å². The molecule has 1 heterocycles. The molecule has 0 bridgehead atoms. The Balaban J connectivity index is 2.66. The SMILES string of the molecule is CCN(CC)c1nc(C)cc(-c2ccc(C(C)C)cc2)c1C(=O)O. The average molecular weight is 326 g/mol. The number of pyridine rings is 1. The predicted molar refractivity (Wildman–Crippen MR) is 99.0 cm³/mol. The van der Waals surface area contributed by atoms with Crippen LogP contribution >= 0.6 is 0 Å². The van der Waals surface area contributed by atoms with Crippen LogP contribution in [0, 0.1) is 6.92 Å². The predicted octanol–water partition coefficient (Wildman–Crippen LogP) is 4.72. The van der Waals surface area contributed by atoms with Crippen LogP contribution in [0.15, 0.2) is 30.3 Å². The Kier molecular flexibility index (Phi) is 5.60. The maximum atomic E-state index is 12.0. The summed E-state index contributed by atoms with van der Waals surface area (Å²) in [6, 6.07) is 10.0. The lowest BCUT2D eigenvalue weighted by atomic mass is 9.95. The lowest BCUT2D eigenvalue weighted by molar-refractivity contribution is 0.0698. The van der Waals surface area contributed by atoms with Gasteiger partial charge in [-0.25, -0.2) is 9.78 Å². The molecule has 0 fully saturated rings. The van der Waals surface area contributed by atoms with E-state index in [9.17, 15) is 9.90 Å². The third kappa shape index (κ3) is 3.58. The van der Waals surface area contributed by atoms with Gasteiger partial charge < -0.3 is 10.0 Å². The summed E-state index contributed by atoms with van der Waals surface area (Å²) in [5.74, 6) is 0.0613. The molecule has 128 valence electrons. The Morgan fingerprint density at radius 1 is 1.17 bits per heavy atom. The monoisotopic (exact) mass is 326 g/mol. The van der Waals surface area contributed by atoms with E-state index in [1.807, 2.05) is 43.9 Å². The van der Waals surface area contributed by atoms with Crippen molar-refractivity contribution in [3.05, 3.63) is 47.2 Å². The van der Waals surface area contributed by atoms with E-state index in [4.69, 9.17) is 0 Å². The van der Waals surface area contributed by atoms with Gasteiger partial charge in [-0.05, 0) is 43.9 Å². The zero-order chi connectivity index (χ0) is 17.9. The number of benzene rings is 1. The molecule has 0 saturated carbocycles. The Morgan fingerprint density at radius 3 is 2.21 bits per heavy atom. The van der Waals surface area contributed by atoms with Crippen molar-refractivity contribution in [1.82, 2.24) is 4.98 Å². The molecule has 0 aliphatic carbocycles. The maximum absolute atomic E-state index is 12.0. The van der Waals surface area contributed by atoms with Crippen LogP contribution in [0.4, 0.5) is 5.82 Å². The summed E-state index contributed by atoms with van der Waals surface area (Å²) in [6.45, 7) is 11.7. The van der Waals surface area contributed by atoms with E-state index in [-0.39, 0.29) is 5.56 Å². The van der Waals surface area contributed by atoms with Gasteiger partial charge in [0.25, 0.3) is 0 Å². The first-order valence-corrected chi connectivity index (χ1v) is 8.49. The summed E-state index contributed by atoms with van der Waals surface area (Å²) < 4.78 is 0. The summed E-state index contributed by atoms with van der Waals surface area (Å²) in [5, 5.41) is 9.81. The van der Waals surface area contributed by atoms with Crippen LogP contribution < -0.4 is 4.90 Å². The molecule has 2 aromatic rings. The highest BCUT2D eigenvalue weighted by molar-refractivity contribution is 6.01. The maximum Gasteiger partial charge on any atom is 0.340 e. The van der Waals surface area contributed by atoms with Crippen molar-refractivity contribution in [1.29, 1.82) is 0 Å². The van der Waals surface area contributed by atoms with Gasteiger partial charge >= 0.3 is 5.97 Å². The minimum Gasteiger partial charge on any atom is -0.478 e. The molecule has 0 aliphatic heterocycles. The van der Waals surface area contributed by atoms with Gasteiger partial charge in [-0.2, -0.15) is 0 Å². The number of carboxylic acid groups (broad SMARTS) is 1. The molecule has 0 amide bonds. The van der Waals surface area contributed by atoms with Gasteiger partial charge in [0.15, 0.2) is 0 Å². The van der Waals surface area contributed by atoms with E-state index in [1.165, 1.54) is 5.56 Å². The van der Waals surface area contributed by atoms with Crippen LogP contribution in [-0.4, -0.2) is 29.1 Å². The van der Waals surface area contributed by atoms with E-state index < -0.39 is 5.97 Å². The Hall–Kier alpha value is -2.36. The summed E-state index contributed by atoms with van der Waals surface area (Å²) in [6.07, 6.45) is 0. The highest BCUT2D eigenvalue weighted by atomic mass is 16.4. The fourth-order valence-electron chi connectivity index (χ4n) is 2.89. The van der Waals surface area contributed by atoms with Crippen molar-refractivity contribution in [2.24, 2.45) is 0 Å². The molecule has 1 aromatic carbocycles. The van der Waals surface area contributed by atoms with Gasteiger partial charge in [0.05, 0.1) is 0 Å². The molecule has 24 heavy (non-hydrogen) atoms. The minimum absolute atomic E-state index is 0.279. The fourth-order valence-corrected chi connectivity index (χ4v) is 2.89. The third-order valence-corrected chi connectivity index (χ3v) is 4.29. The second-order valence-corrected chi connectivity index (χ2v) is 6.26. The van der Waals surface area contributed by atoms with Gasteiger partial charge in [0, 0.05) is 24.3 Å². The van der Waals surface area contributed by atoms with Crippen molar-refractivity contribution in [2.45, 2.75) is 40.5 Å². The first-order valence-electron chi connectivity index (χ1n) is 8.49. The summed E-state index contributed by atoms with van der Waals surface area (Å²) in [5.41, 5.74) is 3.99. The lowest BCUT2D eigenvalue weighted by Crippen LogP contribution is -2.26. The van der Waals surface area contributed by atoms with E-state index in [2.05, 4.69) is 31.0 Å². The third-order valence-electron chi connectivity index (χ3n) is 4.29. The lowest BCUT2D eigenvalue weighted by Gasteiger charge is -2.24. The zero-order valence-electron chi connectivity index (χ0n) is 15.1. The molecule has 0 spiro atoms.